The summed E-state index contributed by atoms with van der Waals surface area (Å²) in [6, 6.07) is 6.37. The molecule has 0 bridgehead atoms. The maximum Gasteiger partial charge on any atom is 0.230 e. The zero-order valence-electron chi connectivity index (χ0n) is 12.4. The van der Waals surface area contributed by atoms with Gasteiger partial charge in [0, 0.05) is 18.6 Å². The number of hydrogen-bond acceptors (Lipinski definition) is 4. The van der Waals surface area contributed by atoms with Crippen LogP contribution in [0.1, 0.15) is 24.0 Å². The topological polar surface area (TPSA) is 58.6 Å². The first-order chi connectivity index (χ1) is 10.2. The van der Waals surface area contributed by atoms with Crippen LogP contribution in [-0.4, -0.2) is 43.1 Å². The first-order valence-corrected chi connectivity index (χ1v) is 8.35. The molecular weight excluding hydrogens is 286 g/mol. The highest BCUT2D eigenvalue weighted by atomic mass is 32.2. The van der Waals surface area contributed by atoms with E-state index in [4.69, 9.17) is 9.84 Å². The molecule has 1 aromatic carbocycles. The lowest BCUT2D eigenvalue weighted by Crippen LogP contribution is -2.39. The standard InChI is InChI=1S/C16H23NO3S/c1-20-10-14(7-8-18)17-16(19)11-21-15-6-5-12-3-2-4-13(12)9-15/h5-6,9,14,18H,2-4,7-8,10-11H2,1H3,(H,17,19). The minimum absolute atomic E-state index is 0.0176. The number of benzene rings is 1. The van der Waals surface area contributed by atoms with Gasteiger partial charge in [-0.3, -0.25) is 4.79 Å². The molecule has 5 heteroatoms. The number of carbonyl (C=O) groups excluding carboxylic acids is 1. The number of aryl methyl sites for hydroxylation is 2. The number of methoxy groups -OCH3 is 1. The number of carbonyl (C=O) groups is 1. The smallest absolute Gasteiger partial charge is 0.230 e. The van der Waals surface area contributed by atoms with E-state index < -0.39 is 0 Å². The van der Waals surface area contributed by atoms with Gasteiger partial charge in [0.25, 0.3) is 0 Å². The molecule has 116 valence electrons. The van der Waals surface area contributed by atoms with Crippen molar-refractivity contribution in [3.63, 3.8) is 0 Å². The molecule has 0 spiro atoms. The number of nitrogens with one attached hydrogen (secondary N) is 1. The highest BCUT2D eigenvalue weighted by molar-refractivity contribution is 8.00. The Morgan fingerprint density at radius 2 is 2.24 bits per heavy atom. The predicted octanol–water partition coefficient (Wildman–Crippen LogP) is 1.78. The molecule has 0 fully saturated rings. The summed E-state index contributed by atoms with van der Waals surface area (Å²) in [5.41, 5.74) is 2.88. The zero-order valence-corrected chi connectivity index (χ0v) is 13.2. The van der Waals surface area contributed by atoms with E-state index in [9.17, 15) is 4.79 Å². The second kappa shape index (κ2) is 8.41. The number of thioether (sulfide) groups is 1. The van der Waals surface area contributed by atoms with Crippen molar-refractivity contribution in [2.24, 2.45) is 0 Å². The third-order valence-electron chi connectivity index (χ3n) is 3.65. The van der Waals surface area contributed by atoms with Gasteiger partial charge in [0.05, 0.1) is 18.4 Å². The molecule has 1 atom stereocenters. The van der Waals surface area contributed by atoms with E-state index in [-0.39, 0.29) is 18.6 Å². The van der Waals surface area contributed by atoms with Crippen molar-refractivity contribution in [1.29, 1.82) is 0 Å². The molecule has 21 heavy (non-hydrogen) atoms. The normalized spacial score (nSPS) is 14.8. The number of amides is 1. The molecular formula is C16H23NO3S. The fraction of sp³-hybridized carbons (Fsp3) is 0.562. The van der Waals surface area contributed by atoms with Crippen LogP contribution in [0.15, 0.2) is 23.1 Å². The molecule has 1 aromatic rings. The van der Waals surface area contributed by atoms with Crippen LogP contribution in [0.3, 0.4) is 0 Å². The fourth-order valence-corrected chi connectivity index (χ4v) is 3.38. The summed E-state index contributed by atoms with van der Waals surface area (Å²) in [4.78, 5) is 13.1. The minimum atomic E-state index is -0.117. The summed E-state index contributed by atoms with van der Waals surface area (Å²) in [6.45, 7) is 0.474. The number of hydrogen-bond donors (Lipinski definition) is 2. The Hall–Kier alpha value is -1.04. The number of aliphatic hydroxyl groups excluding tert-OH is 1. The van der Waals surface area contributed by atoms with Gasteiger partial charge < -0.3 is 15.2 Å². The van der Waals surface area contributed by atoms with Gasteiger partial charge in [-0.1, -0.05) is 6.07 Å². The molecule has 1 unspecified atom stereocenters. The first kappa shape index (κ1) is 16.3. The molecule has 1 aliphatic carbocycles. The molecule has 2 rings (SSSR count). The van der Waals surface area contributed by atoms with Crippen LogP contribution in [-0.2, 0) is 22.4 Å². The van der Waals surface area contributed by atoms with Crippen LogP contribution in [0.2, 0.25) is 0 Å². The molecule has 1 aliphatic rings. The number of ether oxygens (including phenoxy) is 1. The average molecular weight is 309 g/mol. The molecule has 0 heterocycles. The largest absolute Gasteiger partial charge is 0.396 e. The zero-order chi connectivity index (χ0) is 15.1. The minimum Gasteiger partial charge on any atom is -0.396 e. The van der Waals surface area contributed by atoms with Gasteiger partial charge in [0.1, 0.15) is 0 Å². The van der Waals surface area contributed by atoms with Crippen LogP contribution in [0.5, 0.6) is 0 Å². The van der Waals surface area contributed by atoms with Gasteiger partial charge in [-0.25, -0.2) is 0 Å². The molecule has 0 radical (unpaired) electrons. The van der Waals surface area contributed by atoms with E-state index in [1.54, 1.807) is 18.9 Å². The first-order valence-electron chi connectivity index (χ1n) is 7.36. The second-order valence-corrected chi connectivity index (χ2v) is 6.35. The Morgan fingerprint density at radius 3 is 3.00 bits per heavy atom. The van der Waals surface area contributed by atoms with Gasteiger partial charge in [-0.2, -0.15) is 0 Å². The van der Waals surface area contributed by atoms with Crippen molar-refractivity contribution in [2.75, 3.05) is 26.1 Å². The summed E-state index contributed by atoms with van der Waals surface area (Å²) >= 11 is 1.56. The third kappa shape index (κ3) is 5.02. The van der Waals surface area contributed by atoms with Crippen LogP contribution in [0.25, 0.3) is 0 Å². The van der Waals surface area contributed by atoms with Crippen molar-refractivity contribution >= 4 is 17.7 Å². The van der Waals surface area contributed by atoms with Gasteiger partial charge >= 0.3 is 0 Å². The molecule has 0 aromatic heterocycles. The van der Waals surface area contributed by atoms with E-state index in [1.165, 1.54) is 24.0 Å². The highest BCUT2D eigenvalue weighted by Crippen LogP contribution is 2.27. The Balaban J connectivity index is 1.80. The summed E-state index contributed by atoms with van der Waals surface area (Å²) in [7, 11) is 1.59. The van der Waals surface area contributed by atoms with Crippen molar-refractivity contribution in [3.05, 3.63) is 29.3 Å². The van der Waals surface area contributed by atoms with Gasteiger partial charge in [-0.05, 0) is 48.9 Å². The van der Waals surface area contributed by atoms with Crippen molar-refractivity contribution in [3.8, 4) is 0 Å². The summed E-state index contributed by atoms with van der Waals surface area (Å²) in [5.74, 6) is 0.376. The molecule has 1 amide bonds. The Bertz CT molecular complexity index is 473. The maximum atomic E-state index is 11.9. The molecule has 0 saturated heterocycles. The Morgan fingerprint density at radius 1 is 1.43 bits per heavy atom. The maximum absolute atomic E-state index is 11.9. The van der Waals surface area contributed by atoms with E-state index in [0.29, 0.717) is 18.8 Å². The quantitative estimate of drug-likeness (QED) is 0.719. The second-order valence-electron chi connectivity index (χ2n) is 5.30. The van der Waals surface area contributed by atoms with E-state index >= 15 is 0 Å². The predicted molar refractivity (Wildman–Crippen MR) is 84.7 cm³/mol. The fourth-order valence-electron chi connectivity index (χ4n) is 2.61. The SMILES string of the molecule is COCC(CCO)NC(=O)CSc1ccc2c(c1)CCC2. The number of fused-ring (bicyclic) bond motifs is 1. The molecule has 0 aliphatic heterocycles. The summed E-state index contributed by atoms with van der Waals surface area (Å²) < 4.78 is 5.04. The lowest BCUT2D eigenvalue weighted by molar-refractivity contribution is -0.119. The lowest BCUT2D eigenvalue weighted by Gasteiger charge is -2.16. The van der Waals surface area contributed by atoms with E-state index in [0.717, 1.165) is 11.3 Å². The van der Waals surface area contributed by atoms with E-state index in [2.05, 4.69) is 23.5 Å². The summed E-state index contributed by atoms with van der Waals surface area (Å²) in [5, 5.41) is 11.9. The molecule has 2 N–H and O–H groups in total. The number of aliphatic hydroxyl groups is 1. The van der Waals surface area contributed by atoms with Crippen LogP contribution in [0.4, 0.5) is 0 Å². The Kier molecular flexibility index (Phi) is 6.54. The van der Waals surface area contributed by atoms with Crippen LogP contribution >= 0.6 is 11.8 Å². The number of rotatable bonds is 8. The summed E-state index contributed by atoms with van der Waals surface area (Å²) in [6.07, 6.45) is 4.09. The van der Waals surface area contributed by atoms with E-state index in [1.807, 2.05) is 0 Å². The molecule has 4 nitrogen and oxygen atoms in total. The Labute approximate surface area is 130 Å². The van der Waals surface area contributed by atoms with Gasteiger partial charge in [0.15, 0.2) is 0 Å². The average Bonchev–Trinajstić information content (AvgIpc) is 2.93. The van der Waals surface area contributed by atoms with Crippen molar-refractivity contribution in [2.45, 2.75) is 36.6 Å². The monoisotopic (exact) mass is 309 g/mol. The van der Waals surface area contributed by atoms with Crippen molar-refractivity contribution < 1.29 is 14.6 Å². The van der Waals surface area contributed by atoms with Crippen LogP contribution < -0.4 is 5.32 Å². The third-order valence-corrected chi connectivity index (χ3v) is 4.64. The van der Waals surface area contributed by atoms with Gasteiger partial charge in [0.2, 0.25) is 5.91 Å². The lowest BCUT2D eigenvalue weighted by atomic mass is 10.1. The highest BCUT2D eigenvalue weighted by Gasteiger charge is 2.14. The van der Waals surface area contributed by atoms with Crippen LogP contribution in [0, 0.1) is 0 Å². The molecule has 0 saturated carbocycles. The van der Waals surface area contributed by atoms with Gasteiger partial charge in [-0.15, -0.1) is 11.8 Å². The van der Waals surface area contributed by atoms with Crippen molar-refractivity contribution in [1.82, 2.24) is 5.32 Å².